The van der Waals surface area contributed by atoms with Crippen LogP contribution < -0.4 is 11.3 Å². The maximum absolute atomic E-state index is 12.2. The highest BCUT2D eigenvalue weighted by Gasteiger charge is 2.18. The van der Waals surface area contributed by atoms with Crippen LogP contribution in [-0.2, 0) is 0 Å². The van der Waals surface area contributed by atoms with Gasteiger partial charge < -0.3 is 10.7 Å². The van der Waals surface area contributed by atoms with Crippen molar-refractivity contribution in [1.29, 1.82) is 0 Å². The number of aromatic amines is 1. The summed E-state index contributed by atoms with van der Waals surface area (Å²) in [6.07, 6.45) is 3.48. The van der Waals surface area contributed by atoms with Gasteiger partial charge in [0.2, 0.25) is 0 Å². The van der Waals surface area contributed by atoms with Gasteiger partial charge in [-0.15, -0.1) is 11.3 Å². The molecule has 0 unspecified atom stereocenters. The fourth-order valence-electron chi connectivity index (χ4n) is 3.27. The Hall–Kier alpha value is -3.98. The zero-order chi connectivity index (χ0) is 20.8. The number of H-pyrrole nitrogens is 1. The summed E-state index contributed by atoms with van der Waals surface area (Å²) in [6, 6.07) is 11.0. The van der Waals surface area contributed by atoms with Crippen molar-refractivity contribution in [1.82, 2.24) is 24.9 Å². The molecule has 0 aliphatic heterocycles. The van der Waals surface area contributed by atoms with Gasteiger partial charge in [0.1, 0.15) is 16.8 Å². The molecule has 0 spiro atoms. The van der Waals surface area contributed by atoms with E-state index in [0.29, 0.717) is 16.9 Å². The van der Waals surface area contributed by atoms with Gasteiger partial charge >= 0.3 is 0 Å². The van der Waals surface area contributed by atoms with Crippen LogP contribution in [0.3, 0.4) is 0 Å². The van der Waals surface area contributed by atoms with Crippen molar-refractivity contribution in [2.45, 2.75) is 6.92 Å². The summed E-state index contributed by atoms with van der Waals surface area (Å²) in [7, 11) is 0. The molecule has 0 saturated carbocycles. The fraction of sp³-hybridized carbons (Fsp3) is 0.0476. The van der Waals surface area contributed by atoms with Crippen molar-refractivity contribution >= 4 is 39.3 Å². The molecule has 0 aliphatic carbocycles. The SMILES string of the molecule is Cc1ncc(-c2nc3[nH]c(=O)c(C(N)=O)cc3nc2-c2ccc3ncccc3c2)s1. The molecule has 5 aromatic rings. The summed E-state index contributed by atoms with van der Waals surface area (Å²) in [6.45, 7) is 1.91. The standard InChI is InChI=1S/C21H14N6O2S/c1-10-24-9-16(30-10)18-17(12-4-5-14-11(7-12)3-2-6-23-14)25-15-8-13(19(22)28)21(29)27-20(15)26-18/h2-9H,1H3,(H2,22,28)(H,26,27,29). The lowest BCUT2D eigenvalue weighted by atomic mass is 10.1. The topological polar surface area (TPSA) is 128 Å². The van der Waals surface area contributed by atoms with E-state index in [4.69, 9.17) is 10.7 Å². The Morgan fingerprint density at radius 2 is 1.93 bits per heavy atom. The molecule has 146 valence electrons. The van der Waals surface area contributed by atoms with Crippen LogP contribution in [-0.4, -0.2) is 30.8 Å². The van der Waals surface area contributed by atoms with Gasteiger partial charge in [-0.2, -0.15) is 0 Å². The van der Waals surface area contributed by atoms with Crippen LogP contribution >= 0.6 is 11.3 Å². The van der Waals surface area contributed by atoms with Gasteiger partial charge in [0, 0.05) is 23.3 Å². The minimum atomic E-state index is -0.819. The van der Waals surface area contributed by atoms with Crippen molar-refractivity contribution in [3.63, 3.8) is 0 Å². The number of benzene rings is 1. The first kappa shape index (κ1) is 18.1. The van der Waals surface area contributed by atoms with Gasteiger partial charge in [-0.1, -0.05) is 12.1 Å². The van der Waals surface area contributed by atoms with E-state index in [9.17, 15) is 9.59 Å². The second kappa shape index (κ2) is 6.82. The number of hydrogen-bond donors (Lipinski definition) is 2. The number of primary amides is 1. The van der Waals surface area contributed by atoms with Crippen LogP contribution in [0.25, 0.3) is 43.9 Å². The van der Waals surface area contributed by atoms with Gasteiger partial charge in [0.05, 0.1) is 21.1 Å². The molecule has 8 nitrogen and oxygen atoms in total. The van der Waals surface area contributed by atoms with Crippen LogP contribution in [0, 0.1) is 6.92 Å². The summed E-state index contributed by atoms with van der Waals surface area (Å²) < 4.78 is 0. The van der Waals surface area contributed by atoms with Gasteiger partial charge in [0.15, 0.2) is 5.65 Å². The average Bonchev–Trinajstić information content (AvgIpc) is 3.18. The van der Waals surface area contributed by atoms with E-state index < -0.39 is 11.5 Å². The summed E-state index contributed by atoms with van der Waals surface area (Å²) in [5.74, 6) is -0.819. The lowest BCUT2D eigenvalue weighted by Gasteiger charge is -2.10. The smallest absolute Gasteiger partial charge is 0.262 e. The number of aromatic nitrogens is 5. The first-order valence-corrected chi connectivity index (χ1v) is 9.84. The van der Waals surface area contributed by atoms with Crippen molar-refractivity contribution in [2.75, 3.05) is 0 Å². The minimum Gasteiger partial charge on any atom is -0.365 e. The number of pyridine rings is 2. The number of fused-ring (bicyclic) bond motifs is 2. The first-order chi connectivity index (χ1) is 14.5. The summed E-state index contributed by atoms with van der Waals surface area (Å²) in [4.78, 5) is 45.3. The average molecular weight is 414 g/mol. The van der Waals surface area contributed by atoms with Crippen molar-refractivity contribution < 1.29 is 4.79 Å². The minimum absolute atomic E-state index is 0.160. The molecule has 1 aromatic carbocycles. The van der Waals surface area contributed by atoms with Gasteiger partial charge in [-0.3, -0.25) is 14.6 Å². The number of amides is 1. The van der Waals surface area contributed by atoms with E-state index >= 15 is 0 Å². The number of carbonyl (C=O) groups is 1. The number of thiazole rings is 1. The predicted molar refractivity (Wildman–Crippen MR) is 115 cm³/mol. The molecule has 30 heavy (non-hydrogen) atoms. The molecule has 5 rings (SSSR count). The summed E-state index contributed by atoms with van der Waals surface area (Å²) in [5, 5.41) is 1.85. The zero-order valence-electron chi connectivity index (χ0n) is 15.7. The molecule has 1 amide bonds. The second-order valence-electron chi connectivity index (χ2n) is 6.69. The third kappa shape index (κ3) is 3.01. The summed E-state index contributed by atoms with van der Waals surface area (Å²) in [5.41, 5.74) is 8.11. The first-order valence-electron chi connectivity index (χ1n) is 9.02. The molecule has 0 bridgehead atoms. The van der Waals surface area contributed by atoms with E-state index in [1.54, 1.807) is 12.4 Å². The highest BCUT2D eigenvalue weighted by molar-refractivity contribution is 7.15. The second-order valence-corrected chi connectivity index (χ2v) is 7.92. The Balaban J connectivity index is 1.83. The third-order valence-electron chi connectivity index (χ3n) is 4.68. The molecule has 3 N–H and O–H groups in total. The third-order valence-corrected chi connectivity index (χ3v) is 5.60. The number of rotatable bonds is 3. The molecule has 9 heteroatoms. The fourth-order valence-corrected chi connectivity index (χ4v) is 4.04. The van der Waals surface area contributed by atoms with Crippen LogP contribution in [0.1, 0.15) is 15.4 Å². The highest BCUT2D eigenvalue weighted by atomic mass is 32.1. The van der Waals surface area contributed by atoms with E-state index in [1.807, 2.05) is 37.3 Å². The molecule has 0 atom stereocenters. The van der Waals surface area contributed by atoms with E-state index in [0.717, 1.165) is 26.4 Å². The maximum atomic E-state index is 12.2. The Bertz CT molecular complexity index is 1520. The lowest BCUT2D eigenvalue weighted by molar-refractivity contribution is 0.0999. The Morgan fingerprint density at radius 3 is 2.70 bits per heavy atom. The highest BCUT2D eigenvalue weighted by Crippen LogP contribution is 2.34. The maximum Gasteiger partial charge on any atom is 0.262 e. The van der Waals surface area contributed by atoms with E-state index in [2.05, 4.69) is 19.9 Å². The Morgan fingerprint density at radius 1 is 1.07 bits per heavy atom. The van der Waals surface area contributed by atoms with Crippen molar-refractivity contribution in [2.24, 2.45) is 5.73 Å². The van der Waals surface area contributed by atoms with Crippen molar-refractivity contribution in [3.8, 4) is 21.8 Å². The monoisotopic (exact) mass is 414 g/mol. The largest absolute Gasteiger partial charge is 0.365 e. The van der Waals surface area contributed by atoms with Crippen LogP contribution in [0.15, 0.2) is 53.6 Å². The van der Waals surface area contributed by atoms with Gasteiger partial charge in [-0.25, -0.2) is 15.0 Å². The molecule has 0 radical (unpaired) electrons. The summed E-state index contributed by atoms with van der Waals surface area (Å²) >= 11 is 1.48. The molecular formula is C21H14N6O2S. The van der Waals surface area contributed by atoms with Crippen LogP contribution in [0.2, 0.25) is 0 Å². The van der Waals surface area contributed by atoms with Gasteiger partial charge in [-0.05, 0) is 31.2 Å². The normalized spacial score (nSPS) is 11.2. The quantitative estimate of drug-likeness (QED) is 0.467. The van der Waals surface area contributed by atoms with Gasteiger partial charge in [0.25, 0.3) is 11.5 Å². The Kier molecular flexibility index (Phi) is 4.11. The van der Waals surface area contributed by atoms with E-state index in [1.165, 1.54) is 17.4 Å². The number of carbonyl (C=O) groups excluding carboxylic acids is 1. The zero-order valence-corrected chi connectivity index (χ0v) is 16.5. The number of hydrogen-bond acceptors (Lipinski definition) is 7. The molecular weight excluding hydrogens is 400 g/mol. The number of nitrogens with two attached hydrogens (primary N) is 1. The number of aryl methyl sites for hydroxylation is 1. The number of nitrogens with one attached hydrogen (secondary N) is 1. The molecule has 4 aromatic heterocycles. The molecule has 0 aliphatic rings. The predicted octanol–water partition coefficient (Wildman–Crippen LogP) is 3.06. The molecule has 0 fully saturated rings. The van der Waals surface area contributed by atoms with Crippen LogP contribution in [0.5, 0.6) is 0 Å². The van der Waals surface area contributed by atoms with E-state index in [-0.39, 0.29) is 11.2 Å². The molecule has 0 saturated heterocycles. The Labute approximate surface area is 173 Å². The number of nitrogens with zero attached hydrogens (tertiary/aromatic N) is 4. The van der Waals surface area contributed by atoms with Crippen LogP contribution in [0.4, 0.5) is 0 Å². The molecule has 4 heterocycles. The van der Waals surface area contributed by atoms with Crippen molar-refractivity contribution in [3.05, 3.63) is 69.7 Å². The lowest BCUT2D eigenvalue weighted by Crippen LogP contribution is -2.23.